The zero-order valence-corrected chi connectivity index (χ0v) is 9.54. The molecule has 15 heavy (non-hydrogen) atoms. The number of aryl methyl sites for hydroxylation is 1. The van der Waals surface area contributed by atoms with Crippen molar-refractivity contribution >= 4 is 11.3 Å². The number of hydrogen-bond acceptors (Lipinski definition) is 2. The van der Waals surface area contributed by atoms with E-state index in [9.17, 15) is 8.78 Å². The molecule has 1 fully saturated rings. The Morgan fingerprint density at radius 3 is 2.80 bits per heavy atom. The van der Waals surface area contributed by atoms with E-state index in [1.807, 2.05) is 0 Å². The smallest absolute Gasteiger partial charge is 0.297 e. The van der Waals surface area contributed by atoms with Crippen LogP contribution in [0.1, 0.15) is 29.7 Å². The first kappa shape index (κ1) is 11.0. The molecule has 1 aromatic heterocycles. The minimum atomic E-state index is -2.71. The third-order valence-corrected chi connectivity index (χ3v) is 4.01. The third kappa shape index (κ3) is 2.06. The van der Waals surface area contributed by atoms with E-state index in [0.717, 1.165) is 24.2 Å². The largest absolute Gasteiger partial charge is 0.308 e. The Kier molecular flexibility index (Phi) is 3.07. The van der Waals surface area contributed by atoms with Crippen LogP contribution >= 0.6 is 11.3 Å². The topological polar surface area (TPSA) is 12.0 Å². The Balaban J connectivity index is 2.21. The zero-order valence-electron chi connectivity index (χ0n) is 8.72. The second-order valence-corrected chi connectivity index (χ2v) is 4.97. The second kappa shape index (κ2) is 4.18. The summed E-state index contributed by atoms with van der Waals surface area (Å²) in [6, 6.07) is 1.08. The SMILES string of the molecule is Cc1ccsc1C(F)(F)C1CCCCN1. The number of thiophene rings is 1. The number of halogens is 2. The molecular weight excluding hydrogens is 216 g/mol. The predicted molar refractivity (Wildman–Crippen MR) is 58.6 cm³/mol. The molecule has 1 saturated heterocycles. The molecule has 0 bridgehead atoms. The molecule has 2 heterocycles. The maximum atomic E-state index is 14.1. The Hall–Kier alpha value is -0.480. The number of alkyl halides is 2. The van der Waals surface area contributed by atoms with Gasteiger partial charge in [0.05, 0.1) is 10.9 Å². The molecular formula is C11H15F2NS. The van der Waals surface area contributed by atoms with Crippen molar-refractivity contribution in [1.29, 1.82) is 0 Å². The van der Waals surface area contributed by atoms with E-state index in [1.165, 1.54) is 0 Å². The molecule has 1 aromatic rings. The van der Waals surface area contributed by atoms with Gasteiger partial charge in [0.25, 0.3) is 5.92 Å². The number of hydrogen-bond donors (Lipinski definition) is 1. The summed E-state index contributed by atoms with van der Waals surface area (Å²) < 4.78 is 28.2. The Morgan fingerprint density at radius 2 is 2.27 bits per heavy atom. The monoisotopic (exact) mass is 231 g/mol. The van der Waals surface area contributed by atoms with Crippen LogP contribution in [0, 0.1) is 6.92 Å². The highest BCUT2D eigenvalue weighted by Gasteiger charge is 2.43. The normalized spacial score (nSPS) is 23.0. The number of piperidine rings is 1. The van der Waals surface area contributed by atoms with Crippen LogP contribution in [0.25, 0.3) is 0 Å². The Labute approximate surface area is 92.5 Å². The summed E-state index contributed by atoms with van der Waals surface area (Å²) in [7, 11) is 0. The maximum Gasteiger partial charge on any atom is 0.297 e. The van der Waals surface area contributed by atoms with Crippen LogP contribution in [-0.4, -0.2) is 12.6 Å². The average molecular weight is 231 g/mol. The summed E-state index contributed by atoms with van der Waals surface area (Å²) in [6.07, 6.45) is 2.48. The first-order valence-electron chi connectivity index (χ1n) is 5.28. The minimum Gasteiger partial charge on any atom is -0.308 e. The highest BCUT2D eigenvalue weighted by Crippen LogP contribution is 2.39. The van der Waals surface area contributed by atoms with Crippen molar-refractivity contribution in [3.63, 3.8) is 0 Å². The van der Waals surface area contributed by atoms with Crippen molar-refractivity contribution in [1.82, 2.24) is 5.32 Å². The minimum absolute atomic E-state index is 0.224. The molecule has 1 nitrogen and oxygen atoms in total. The Bertz CT molecular complexity index is 329. The van der Waals surface area contributed by atoms with Gasteiger partial charge in [-0.05, 0) is 43.3 Å². The van der Waals surface area contributed by atoms with Crippen LogP contribution in [0.4, 0.5) is 8.78 Å². The lowest BCUT2D eigenvalue weighted by molar-refractivity contribution is -0.0482. The molecule has 4 heteroatoms. The second-order valence-electron chi connectivity index (χ2n) is 4.06. The lowest BCUT2D eigenvalue weighted by Gasteiger charge is -2.30. The molecule has 0 amide bonds. The van der Waals surface area contributed by atoms with Crippen molar-refractivity contribution in [3.05, 3.63) is 21.9 Å². The van der Waals surface area contributed by atoms with Crippen molar-refractivity contribution in [2.45, 2.75) is 38.2 Å². The number of rotatable bonds is 2. The average Bonchev–Trinajstić information content (AvgIpc) is 2.66. The van der Waals surface area contributed by atoms with Gasteiger partial charge in [0.1, 0.15) is 0 Å². The molecule has 1 aliphatic rings. The van der Waals surface area contributed by atoms with E-state index in [0.29, 0.717) is 18.5 Å². The molecule has 1 atom stereocenters. The van der Waals surface area contributed by atoms with Gasteiger partial charge in [0.2, 0.25) is 0 Å². The van der Waals surface area contributed by atoms with Gasteiger partial charge in [-0.1, -0.05) is 6.42 Å². The first-order valence-corrected chi connectivity index (χ1v) is 6.16. The third-order valence-electron chi connectivity index (χ3n) is 2.91. The van der Waals surface area contributed by atoms with Gasteiger partial charge in [-0.2, -0.15) is 8.78 Å². The van der Waals surface area contributed by atoms with Crippen molar-refractivity contribution < 1.29 is 8.78 Å². The standard InChI is InChI=1S/C11H15F2NS/c1-8-5-7-15-10(8)11(12,13)9-4-2-3-6-14-9/h5,7,9,14H,2-4,6H2,1H3. The molecule has 0 aromatic carbocycles. The van der Waals surface area contributed by atoms with Crippen molar-refractivity contribution in [2.75, 3.05) is 6.54 Å². The molecule has 1 N–H and O–H groups in total. The zero-order chi connectivity index (χ0) is 10.9. The van der Waals surface area contributed by atoms with E-state index < -0.39 is 12.0 Å². The fraction of sp³-hybridized carbons (Fsp3) is 0.636. The molecule has 0 spiro atoms. The van der Waals surface area contributed by atoms with Crippen LogP contribution in [0.15, 0.2) is 11.4 Å². The van der Waals surface area contributed by atoms with Crippen molar-refractivity contribution in [3.8, 4) is 0 Å². The molecule has 84 valence electrons. The van der Waals surface area contributed by atoms with Gasteiger partial charge in [0.15, 0.2) is 0 Å². The van der Waals surface area contributed by atoms with Crippen LogP contribution in [0.5, 0.6) is 0 Å². The van der Waals surface area contributed by atoms with E-state index in [2.05, 4.69) is 5.32 Å². The van der Waals surface area contributed by atoms with Gasteiger partial charge in [-0.25, -0.2) is 0 Å². The summed E-state index contributed by atoms with van der Waals surface area (Å²) in [6.45, 7) is 2.47. The fourth-order valence-electron chi connectivity index (χ4n) is 2.03. The lowest BCUT2D eigenvalue weighted by Crippen LogP contribution is -2.45. The highest BCUT2D eigenvalue weighted by atomic mass is 32.1. The summed E-state index contributed by atoms with van der Waals surface area (Å²) >= 11 is 1.16. The molecule has 0 radical (unpaired) electrons. The first-order chi connectivity index (χ1) is 7.12. The quantitative estimate of drug-likeness (QED) is 0.823. The predicted octanol–water partition coefficient (Wildman–Crippen LogP) is 3.29. The van der Waals surface area contributed by atoms with E-state index in [1.54, 1.807) is 18.4 Å². The van der Waals surface area contributed by atoms with Crippen LogP contribution in [-0.2, 0) is 5.92 Å². The summed E-state index contributed by atoms with van der Waals surface area (Å²) in [5.41, 5.74) is 0.706. The van der Waals surface area contributed by atoms with Crippen molar-refractivity contribution in [2.24, 2.45) is 0 Å². The number of nitrogens with one attached hydrogen (secondary N) is 1. The van der Waals surface area contributed by atoms with Gasteiger partial charge < -0.3 is 5.32 Å². The molecule has 1 aliphatic heterocycles. The van der Waals surface area contributed by atoms with E-state index >= 15 is 0 Å². The summed E-state index contributed by atoms with van der Waals surface area (Å²) in [4.78, 5) is 0.224. The molecule has 0 aliphatic carbocycles. The Morgan fingerprint density at radius 1 is 1.47 bits per heavy atom. The molecule has 0 saturated carbocycles. The highest BCUT2D eigenvalue weighted by molar-refractivity contribution is 7.10. The lowest BCUT2D eigenvalue weighted by atomic mass is 9.97. The van der Waals surface area contributed by atoms with Crippen LogP contribution in [0.3, 0.4) is 0 Å². The van der Waals surface area contributed by atoms with Gasteiger partial charge >= 0.3 is 0 Å². The van der Waals surface area contributed by atoms with Gasteiger partial charge in [0, 0.05) is 0 Å². The van der Waals surface area contributed by atoms with Gasteiger partial charge in [-0.3, -0.25) is 0 Å². The summed E-state index contributed by atoms with van der Waals surface area (Å²) in [5, 5.41) is 4.67. The van der Waals surface area contributed by atoms with E-state index in [-0.39, 0.29) is 4.88 Å². The maximum absolute atomic E-state index is 14.1. The van der Waals surface area contributed by atoms with Crippen LogP contribution in [0.2, 0.25) is 0 Å². The fourth-order valence-corrected chi connectivity index (χ4v) is 3.00. The van der Waals surface area contributed by atoms with Crippen LogP contribution < -0.4 is 5.32 Å². The molecule has 1 unspecified atom stereocenters. The van der Waals surface area contributed by atoms with E-state index in [4.69, 9.17) is 0 Å². The van der Waals surface area contributed by atoms with Gasteiger partial charge in [-0.15, -0.1) is 11.3 Å². The molecule has 2 rings (SSSR count). The summed E-state index contributed by atoms with van der Waals surface area (Å²) in [5.74, 6) is -2.71.